The first-order valence-electron chi connectivity index (χ1n) is 4.84. The van der Waals surface area contributed by atoms with Crippen LogP contribution in [0.5, 0.6) is 0 Å². The minimum atomic E-state index is -0.617. The Kier molecular flexibility index (Phi) is 2.76. The molecule has 78 valence electrons. The van der Waals surface area contributed by atoms with E-state index in [-0.39, 0.29) is 11.6 Å². The molecule has 0 fully saturated rings. The maximum atomic E-state index is 12.8. The quantitative estimate of drug-likeness (QED) is 0.516. The van der Waals surface area contributed by atoms with Crippen LogP contribution < -0.4 is 0 Å². The Hall–Kier alpha value is -1.71. The van der Waals surface area contributed by atoms with Crippen LogP contribution >= 0.6 is 0 Å². The maximum absolute atomic E-state index is 12.8. The van der Waals surface area contributed by atoms with Crippen LogP contribution in [0.3, 0.4) is 0 Å². The van der Waals surface area contributed by atoms with E-state index >= 15 is 0 Å². The second kappa shape index (κ2) is 4.21. The summed E-state index contributed by atoms with van der Waals surface area (Å²) in [5, 5.41) is 0. The molecule has 2 heterocycles. The fourth-order valence-corrected chi connectivity index (χ4v) is 1.52. The van der Waals surface area contributed by atoms with E-state index < -0.39 is 5.95 Å². The Labute approximate surface area is 87.2 Å². The zero-order chi connectivity index (χ0) is 10.7. The van der Waals surface area contributed by atoms with Gasteiger partial charge in [0.25, 0.3) is 5.91 Å². The summed E-state index contributed by atoms with van der Waals surface area (Å²) in [6.45, 7) is 1.25. The molecule has 1 aromatic rings. The lowest BCUT2D eigenvalue weighted by molar-refractivity contribution is 0.0764. The minimum Gasteiger partial charge on any atom is -0.333 e. The summed E-state index contributed by atoms with van der Waals surface area (Å²) >= 11 is 0. The van der Waals surface area contributed by atoms with Gasteiger partial charge in [0, 0.05) is 13.1 Å². The Morgan fingerprint density at radius 3 is 2.93 bits per heavy atom. The van der Waals surface area contributed by atoms with Crippen molar-refractivity contribution >= 4 is 5.91 Å². The molecular formula is C11H11FN2O. The zero-order valence-corrected chi connectivity index (χ0v) is 8.19. The van der Waals surface area contributed by atoms with Crippen molar-refractivity contribution in [2.24, 2.45) is 0 Å². The molecule has 15 heavy (non-hydrogen) atoms. The van der Waals surface area contributed by atoms with Gasteiger partial charge in [-0.1, -0.05) is 18.2 Å². The van der Waals surface area contributed by atoms with Crippen molar-refractivity contribution in [3.05, 3.63) is 42.0 Å². The predicted molar refractivity (Wildman–Crippen MR) is 53.9 cm³/mol. The van der Waals surface area contributed by atoms with Crippen molar-refractivity contribution in [1.29, 1.82) is 0 Å². The van der Waals surface area contributed by atoms with Gasteiger partial charge < -0.3 is 4.90 Å². The number of hydrogen-bond acceptors (Lipinski definition) is 2. The lowest BCUT2D eigenvalue weighted by atomic mass is 10.2. The highest BCUT2D eigenvalue weighted by Crippen LogP contribution is 2.07. The molecule has 0 saturated carbocycles. The molecule has 0 saturated heterocycles. The molecule has 0 N–H and O–H groups in total. The number of amides is 1. The second-order valence-electron chi connectivity index (χ2n) is 3.36. The van der Waals surface area contributed by atoms with E-state index in [1.54, 1.807) is 4.90 Å². The molecule has 0 radical (unpaired) electrons. The number of hydrogen-bond donors (Lipinski definition) is 0. The third-order valence-corrected chi connectivity index (χ3v) is 2.28. The van der Waals surface area contributed by atoms with Crippen LogP contribution in [-0.4, -0.2) is 28.9 Å². The molecule has 0 aliphatic carbocycles. The zero-order valence-electron chi connectivity index (χ0n) is 8.19. The molecule has 2 rings (SSSR count). The summed E-state index contributed by atoms with van der Waals surface area (Å²) in [5.41, 5.74) is 0.172. The van der Waals surface area contributed by atoms with Gasteiger partial charge in [-0.25, -0.2) is 4.98 Å². The van der Waals surface area contributed by atoms with Crippen molar-refractivity contribution in [1.82, 2.24) is 9.88 Å². The van der Waals surface area contributed by atoms with Gasteiger partial charge in [-0.05, 0) is 18.6 Å². The highest BCUT2D eigenvalue weighted by molar-refractivity contribution is 5.92. The Bertz CT molecular complexity index is 403. The minimum absolute atomic E-state index is 0.172. The summed E-state index contributed by atoms with van der Waals surface area (Å²) in [6.07, 6.45) is 4.81. The van der Waals surface area contributed by atoms with Crippen molar-refractivity contribution in [2.45, 2.75) is 6.42 Å². The molecule has 0 aromatic carbocycles. The van der Waals surface area contributed by atoms with E-state index in [0.29, 0.717) is 13.1 Å². The van der Waals surface area contributed by atoms with Gasteiger partial charge >= 0.3 is 0 Å². The summed E-state index contributed by atoms with van der Waals surface area (Å²) in [4.78, 5) is 17.0. The van der Waals surface area contributed by atoms with Gasteiger partial charge in [-0.2, -0.15) is 4.39 Å². The van der Waals surface area contributed by atoms with Gasteiger partial charge in [-0.3, -0.25) is 4.79 Å². The van der Waals surface area contributed by atoms with Crippen LogP contribution in [0, 0.1) is 5.95 Å². The Morgan fingerprint density at radius 2 is 2.27 bits per heavy atom. The molecule has 1 aromatic heterocycles. The Morgan fingerprint density at radius 1 is 1.40 bits per heavy atom. The first kappa shape index (κ1) is 9.83. The average Bonchev–Trinajstić information content (AvgIpc) is 2.29. The third kappa shape index (κ3) is 2.21. The number of nitrogens with zero attached hydrogens (tertiary/aromatic N) is 2. The van der Waals surface area contributed by atoms with E-state index in [9.17, 15) is 9.18 Å². The van der Waals surface area contributed by atoms with Crippen molar-refractivity contribution in [2.75, 3.05) is 13.1 Å². The molecule has 4 heteroatoms. The van der Waals surface area contributed by atoms with Crippen LogP contribution in [-0.2, 0) is 0 Å². The van der Waals surface area contributed by atoms with Gasteiger partial charge in [-0.15, -0.1) is 0 Å². The summed E-state index contributed by atoms with van der Waals surface area (Å²) in [6, 6.07) is 4.26. The molecule has 0 spiro atoms. The number of pyridine rings is 1. The standard InChI is InChI=1S/C11H11FN2O/c12-10-6-4-5-9(13-10)11(15)14-7-2-1-3-8-14/h1-2,4-6H,3,7-8H2. The van der Waals surface area contributed by atoms with E-state index in [1.807, 2.05) is 12.2 Å². The SMILES string of the molecule is O=C(c1cccc(F)n1)N1CC=CCC1. The van der Waals surface area contributed by atoms with Crippen molar-refractivity contribution in [3.63, 3.8) is 0 Å². The van der Waals surface area contributed by atoms with Gasteiger partial charge in [0.15, 0.2) is 0 Å². The fourth-order valence-electron chi connectivity index (χ4n) is 1.52. The summed E-state index contributed by atoms with van der Waals surface area (Å²) in [7, 11) is 0. The number of rotatable bonds is 1. The van der Waals surface area contributed by atoms with E-state index in [2.05, 4.69) is 4.98 Å². The monoisotopic (exact) mass is 206 g/mol. The smallest absolute Gasteiger partial charge is 0.272 e. The molecule has 0 bridgehead atoms. The molecule has 1 aliphatic rings. The molecule has 3 nitrogen and oxygen atoms in total. The average molecular weight is 206 g/mol. The van der Waals surface area contributed by atoms with Crippen LogP contribution in [0.1, 0.15) is 16.9 Å². The van der Waals surface area contributed by atoms with E-state index in [1.165, 1.54) is 18.2 Å². The topological polar surface area (TPSA) is 33.2 Å². The van der Waals surface area contributed by atoms with Gasteiger partial charge in [0.1, 0.15) is 5.69 Å². The number of halogens is 1. The first-order chi connectivity index (χ1) is 7.27. The van der Waals surface area contributed by atoms with Crippen LogP contribution in [0.15, 0.2) is 30.4 Å². The van der Waals surface area contributed by atoms with Gasteiger partial charge in [0.2, 0.25) is 5.95 Å². The van der Waals surface area contributed by atoms with E-state index in [0.717, 1.165) is 6.42 Å². The first-order valence-corrected chi connectivity index (χ1v) is 4.84. The summed E-state index contributed by atoms with van der Waals surface area (Å²) < 4.78 is 12.8. The third-order valence-electron chi connectivity index (χ3n) is 2.28. The van der Waals surface area contributed by atoms with Crippen molar-refractivity contribution < 1.29 is 9.18 Å². The molecular weight excluding hydrogens is 195 g/mol. The largest absolute Gasteiger partial charge is 0.333 e. The van der Waals surface area contributed by atoms with Crippen LogP contribution in [0.4, 0.5) is 4.39 Å². The predicted octanol–water partition coefficient (Wildman–Crippen LogP) is 1.62. The van der Waals surface area contributed by atoms with E-state index in [4.69, 9.17) is 0 Å². The highest BCUT2D eigenvalue weighted by atomic mass is 19.1. The maximum Gasteiger partial charge on any atom is 0.272 e. The number of carbonyl (C=O) groups is 1. The summed E-state index contributed by atoms with van der Waals surface area (Å²) in [5.74, 6) is -0.827. The molecule has 1 aliphatic heterocycles. The van der Waals surface area contributed by atoms with Gasteiger partial charge in [0.05, 0.1) is 0 Å². The molecule has 0 unspecified atom stereocenters. The lowest BCUT2D eigenvalue weighted by Gasteiger charge is -2.22. The highest BCUT2D eigenvalue weighted by Gasteiger charge is 2.17. The van der Waals surface area contributed by atoms with Crippen LogP contribution in [0.25, 0.3) is 0 Å². The fraction of sp³-hybridized carbons (Fsp3) is 0.273. The Balaban J connectivity index is 2.16. The molecule has 1 amide bonds. The lowest BCUT2D eigenvalue weighted by Crippen LogP contribution is -2.34. The number of carbonyl (C=O) groups excluding carboxylic acids is 1. The normalized spacial score (nSPS) is 15.4. The molecule has 0 atom stereocenters. The van der Waals surface area contributed by atoms with Crippen molar-refractivity contribution in [3.8, 4) is 0 Å². The number of aromatic nitrogens is 1. The second-order valence-corrected chi connectivity index (χ2v) is 3.36. The van der Waals surface area contributed by atoms with Crippen LogP contribution in [0.2, 0.25) is 0 Å².